The van der Waals surface area contributed by atoms with E-state index >= 15 is 0 Å². The Bertz CT molecular complexity index is 605. The molecule has 4 nitrogen and oxygen atoms in total. The van der Waals surface area contributed by atoms with Gasteiger partial charge in [-0.05, 0) is 30.4 Å². The molecule has 4 rings (SSSR count). The second kappa shape index (κ2) is 5.28. The lowest BCUT2D eigenvalue weighted by molar-refractivity contribution is 0.180. The number of rotatable bonds is 3. The van der Waals surface area contributed by atoms with Crippen LogP contribution in [0.4, 0.5) is 0 Å². The first kappa shape index (κ1) is 13.0. The Morgan fingerprint density at radius 1 is 1.24 bits per heavy atom. The van der Waals surface area contributed by atoms with Crippen molar-refractivity contribution in [3.8, 4) is 0 Å². The fourth-order valence-electron chi connectivity index (χ4n) is 3.69. The molecule has 1 aromatic heterocycles. The van der Waals surface area contributed by atoms with Crippen molar-refractivity contribution in [1.82, 2.24) is 9.55 Å². The Labute approximate surface area is 124 Å². The molecular formula is C17H21N3O. The van der Waals surface area contributed by atoms with Crippen LogP contribution in [-0.4, -0.2) is 22.8 Å². The number of benzene rings is 1. The summed E-state index contributed by atoms with van der Waals surface area (Å²) in [5, 5.41) is 0. The van der Waals surface area contributed by atoms with Gasteiger partial charge in [0.05, 0.1) is 24.7 Å². The minimum atomic E-state index is 0.0266. The number of nitrogens with two attached hydrogens (primary N) is 1. The van der Waals surface area contributed by atoms with Crippen molar-refractivity contribution in [3.05, 3.63) is 53.6 Å². The number of ether oxygens (including phenoxy) is 1. The second-order valence-corrected chi connectivity index (χ2v) is 6.21. The number of hydrogen-bond donors (Lipinski definition) is 1. The van der Waals surface area contributed by atoms with E-state index in [-0.39, 0.29) is 6.04 Å². The zero-order chi connectivity index (χ0) is 14.2. The SMILES string of the molecule is NC(c1cncn1C1Cc2ccccc2C1)C1CCOC1. The van der Waals surface area contributed by atoms with E-state index in [0.717, 1.165) is 38.2 Å². The van der Waals surface area contributed by atoms with Crippen LogP contribution in [0.25, 0.3) is 0 Å². The Balaban J connectivity index is 1.59. The largest absolute Gasteiger partial charge is 0.381 e. The first-order valence-electron chi connectivity index (χ1n) is 7.75. The minimum Gasteiger partial charge on any atom is -0.381 e. The van der Waals surface area contributed by atoms with Gasteiger partial charge in [-0.15, -0.1) is 0 Å². The minimum absolute atomic E-state index is 0.0266. The highest BCUT2D eigenvalue weighted by Crippen LogP contribution is 2.34. The molecule has 2 N–H and O–H groups in total. The maximum Gasteiger partial charge on any atom is 0.0951 e. The molecule has 1 aliphatic heterocycles. The monoisotopic (exact) mass is 283 g/mol. The van der Waals surface area contributed by atoms with E-state index in [4.69, 9.17) is 10.5 Å². The van der Waals surface area contributed by atoms with Gasteiger partial charge in [-0.1, -0.05) is 24.3 Å². The van der Waals surface area contributed by atoms with Gasteiger partial charge in [0.25, 0.3) is 0 Å². The number of hydrogen-bond acceptors (Lipinski definition) is 3. The van der Waals surface area contributed by atoms with Crippen molar-refractivity contribution in [2.24, 2.45) is 11.7 Å². The van der Waals surface area contributed by atoms with Crippen LogP contribution in [0.3, 0.4) is 0 Å². The van der Waals surface area contributed by atoms with Gasteiger partial charge in [0.1, 0.15) is 0 Å². The third-order valence-electron chi connectivity index (χ3n) is 4.93. The fraction of sp³-hybridized carbons (Fsp3) is 0.471. The Morgan fingerprint density at radius 3 is 2.67 bits per heavy atom. The maximum absolute atomic E-state index is 6.48. The lowest BCUT2D eigenvalue weighted by atomic mass is 9.97. The molecule has 0 bridgehead atoms. The van der Waals surface area contributed by atoms with Crippen LogP contribution in [0.1, 0.15) is 35.3 Å². The summed E-state index contributed by atoms with van der Waals surface area (Å²) < 4.78 is 7.78. The molecule has 0 amide bonds. The molecule has 110 valence electrons. The van der Waals surface area contributed by atoms with Crippen molar-refractivity contribution in [3.63, 3.8) is 0 Å². The van der Waals surface area contributed by atoms with Crippen molar-refractivity contribution in [1.29, 1.82) is 0 Å². The molecule has 1 aromatic carbocycles. The number of fused-ring (bicyclic) bond motifs is 1. The molecule has 1 saturated heterocycles. The standard InChI is InChI=1S/C17H21N3O/c18-17(14-5-6-21-10-14)16-9-19-11-20(16)15-7-12-3-1-2-4-13(12)8-15/h1-4,9,11,14-15,17H,5-8,10,18H2. The first-order chi connectivity index (χ1) is 10.3. The molecule has 1 aliphatic carbocycles. The summed E-state index contributed by atoms with van der Waals surface area (Å²) in [6.07, 6.45) is 7.09. The van der Waals surface area contributed by atoms with Crippen LogP contribution < -0.4 is 5.73 Å². The summed E-state index contributed by atoms with van der Waals surface area (Å²) in [7, 11) is 0. The molecule has 0 spiro atoms. The summed E-state index contributed by atoms with van der Waals surface area (Å²) in [6.45, 7) is 1.61. The van der Waals surface area contributed by atoms with Crippen LogP contribution in [-0.2, 0) is 17.6 Å². The van der Waals surface area contributed by atoms with Gasteiger partial charge in [-0.25, -0.2) is 4.98 Å². The van der Waals surface area contributed by atoms with Gasteiger partial charge < -0.3 is 15.0 Å². The molecule has 1 fully saturated rings. The summed E-state index contributed by atoms with van der Waals surface area (Å²) in [5.74, 6) is 0.421. The zero-order valence-corrected chi connectivity index (χ0v) is 12.1. The quantitative estimate of drug-likeness (QED) is 0.940. The summed E-state index contributed by atoms with van der Waals surface area (Å²) >= 11 is 0. The Hall–Kier alpha value is -1.65. The summed E-state index contributed by atoms with van der Waals surface area (Å²) in [5.41, 5.74) is 10.5. The third-order valence-corrected chi connectivity index (χ3v) is 4.93. The van der Waals surface area contributed by atoms with Gasteiger partial charge in [-0.3, -0.25) is 0 Å². The van der Waals surface area contributed by atoms with Crippen LogP contribution in [0.2, 0.25) is 0 Å². The molecule has 21 heavy (non-hydrogen) atoms. The average molecular weight is 283 g/mol. The summed E-state index contributed by atoms with van der Waals surface area (Å²) in [4.78, 5) is 4.36. The Morgan fingerprint density at radius 2 is 2.00 bits per heavy atom. The van der Waals surface area contributed by atoms with Crippen LogP contribution in [0, 0.1) is 5.92 Å². The average Bonchev–Trinajstić information content (AvgIpc) is 3.24. The van der Waals surface area contributed by atoms with E-state index in [1.807, 2.05) is 12.5 Å². The topological polar surface area (TPSA) is 53.1 Å². The van der Waals surface area contributed by atoms with Crippen molar-refractivity contribution in [2.75, 3.05) is 13.2 Å². The molecule has 2 heterocycles. The van der Waals surface area contributed by atoms with Crippen LogP contribution in [0.5, 0.6) is 0 Å². The second-order valence-electron chi connectivity index (χ2n) is 6.21. The van der Waals surface area contributed by atoms with E-state index in [9.17, 15) is 0 Å². The molecular weight excluding hydrogens is 262 g/mol. The van der Waals surface area contributed by atoms with Gasteiger partial charge >= 0.3 is 0 Å². The van der Waals surface area contributed by atoms with Crippen LogP contribution >= 0.6 is 0 Å². The Kier molecular flexibility index (Phi) is 3.28. The van der Waals surface area contributed by atoms with E-state index < -0.39 is 0 Å². The van der Waals surface area contributed by atoms with Gasteiger partial charge in [0.2, 0.25) is 0 Å². The van der Waals surface area contributed by atoms with E-state index in [1.165, 1.54) is 11.1 Å². The zero-order valence-electron chi connectivity index (χ0n) is 12.1. The lowest BCUT2D eigenvalue weighted by Gasteiger charge is -2.22. The van der Waals surface area contributed by atoms with Crippen LogP contribution in [0.15, 0.2) is 36.8 Å². The predicted octanol–water partition coefficient (Wildman–Crippen LogP) is 2.26. The molecule has 2 atom stereocenters. The summed E-state index contributed by atoms with van der Waals surface area (Å²) in [6, 6.07) is 9.19. The number of nitrogens with zero attached hydrogens (tertiary/aromatic N) is 2. The normalized spacial score (nSPS) is 23.4. The lowest BCUT2D eigenvalue weighted by Crippen LogP contribution is -2.26. The van der Waals surface area contributed by atoms with Gasteiger partial charge in [0.15, 0.2) is 0 Å². The van der Waals surface area contributed by atoms with E-state index in [0.29, 0.717) is 12.0 Å². The third kappa shape index (κ3) is 2.28. The molecule has 2 unspecified atom stereocenters. The highest BCUT2D eigenvalue weighted by atomic mass is 16.5. The fourth-order valence-corrected chi connectivity index (χ4v) is 3.69. The number of imidazole rings is 1. The van der Waals surface area contributed by atoms with E-state index in [1.54, 1.807) is 0 Å². The molecule has 2 aromatic rings. The highest BCUT2D eigenvalue weighted by Gasteiger charge is 2.30. The maximum atomic E-state index is 6.48. The number of aromatic nitrogens is 2. The van der Waals surface area contributed by atoms with Gasteiger partial charge in [0, 0.05) is 24.8 Å². The predicted molar refractivity (Wildman–Crippen MR) is 81.0 cm³/mol. The van der Waals surface area contributed by atoms with Crippen molar-refractivity contribution >= 4 is 0 Å². The molecule has 2 aliphatic rings. The first-order valence-corrected chi connectivity index (χ1v) is 7.75. The molecule has 0 radical (unpaired) electrons. The molecule has 0 saturated carbocycles. The highest BCUT2D eigenvalue weighted by molar-refractivity contribution is 5.33. The smallest absolute Gasteiger partial charge is 0.0951 e. The van der Waals surface area contributed by atoms with Crippen molar-refractivity contribution in [2.45, 2.75) is 31.3 Å². The van der Waals surface area contributed by atoms with E-state index in [2.05, 4.69) is 33.8 Å². The van der Waals surface area contributed by atoms with Crippen molar-refractivity contribution < 1.29 is 4.74 Å². The molecule has 4 heteroatoms. The van der Waals surface area contributed by atoms with Gasteiger partial charge in [-0.2, -0.15) is 0 Å².